The highest BCUT2D eigenvalue weighted by Crippen LogP contribution is 2.33. The number of aryl methyl sites for hydroxylation is 1. The molecule has 0 amide bonds. The monoisotopic (exact) mass is 418 g/mol. The molecule has 0 bridgehead atoms. The maximum Gasteiger partial charge on any atom is 0.339 e. The molecule has 0 aliphatic heterocycles. The third kappa shape index (κ3) is 3.95. The van der Waals surface area contributed by atoms with Gasteiger partial charge in [-0.2, -0.15) is 5.10 Å². The molecule has 7 nitrogen and oxygen atoms in total. The van der Waals surface area contributed by atoms with Gasteiger partial charge in [-0.3, -0.25) is 0 Å². The Morgan fingerprint density at radius 2 is 1.90 bits per heavy atom. The fourth-order valence-electron chi connectivity index (χ4n) is 3.27. The van der Waals surface area contributed by atoms with Crippen molar-refractivity contribution in [2.45, 2.75) is 6.92 Å². The van der Waals surface area contributed by atoms with Crippen LogP contribution in [0.15, 0.2) is 66.9 Å². The first-order valence-corrected chi connectivity index (χ1v) is 9.43. The van der Waals surface area contributed by atoms with E-state index in [4.69, 9.17) is 9.84 Å². The number of para-hydroxylation sites is 1. The molecule has 0 aliphatic carbocycles. The summed E-state index contributed by atoms with van der Waals surface area (Å²) < 4.78 is 20.6. The van der Waals surface area contributed by atoms with E-state index in [9.17, 15) is 14.3 Å². The second-order valence-electron chi connectivity index (χ2n) is 6.79. The summed E-state index contributed by atoms with van der Waals surface area (Å²) in [7, 11) is 1.57. The van der Waals surface area contributed by atoms with Gasteiger partial charge in [-0.05, 0) is 55.0 Å². The Balaban J connectivity index is 1.90. The zero-order valence-corrected chi connectivity index (χ0v) is 16.8. The van der Waals surface area contributed by atoms with Gasteiger partial charge < -0.3 is 15.2 Å². The number of pyridine rings is 1. The number of halogens is 1. The van der Waals surface area contributed by atoms with Crippen molar-refractivity contribution in [2.24, 2.45) is 0 Å². The number of nitrogens with zero attached hydrogens (tertiary/aromatic N) is 3. The maximum absolute atomic E-state index is 13.4. The van der Waals surface area contributed by atoms with Crippen LogP contribution in [-0.2, 0) is 0 Å². The molecule has 2 heterocycles. The van der Waals surface area contributed by atoms with Gasteiger partial charge in [0.05, 0.1) is 12.8 Å². The first kappa shape index (κ1) is 20.1. The summed E-state index contributed by atoms with van der Waals surface area (Å²) in [6.07, 6.45) is 1.50. The molecule has 31 heavy (non-hydrogen) atoms. The molecule has 0 radical (unpaired) electrons. The number of benzene rings is 2. The lowest BCUT2D eigenvalue weighted by Gasteiger charge is -2.15. The van der Waals surface area contributed by atoms with E-state index >= 15 is 0 Å². The normalized spacial score (nSPS) is 10.7. The van der Waals surface area contributed by atoms with Crippen LogP contribution in [0.3, 0.4) is 0 Å². The summed E-state index contributed by atoms with van der Waals surface area (Å²) in [6.45, 7) is 1.92. The third-order valence-electron chi connectivity index (χ3n) is 4.77. The number of ether oxygens (including phenoxy) is 1. The molecule has 0 unspecified atom stereocenters. The van der Waals surface area contributed by atoms with E-state index in [-0.39, 0.29) is 17.2 Å². The molecular formula is C23H19FN4O3. The van der Waals surface area contributed by atoms with Crippen molar-refractivity contribution < 1.29 is 19.0 Å². The summed E-state index contributed by atoms with van der Waals surface area (Å²) in [6, 6.07) is 16.4. The third-order valence-corrected chi connectivity index (χ3v) is 4.77. The number of carboxylic acids is 1. The minimum atomic E-state index is -1.10. The van der Waals surface area contributed by atoms with Crippen LogP contribution >= 0.6 is 0 Å². The number of methoxy groups -OCH3 is 1. The van der Waals surface area contributed by atoms with Gasteiger partial charge >= 0.3 is 5.97 Å². The molecule has 2 aromatic carbocycles. The van der Waals surface area contributed by atoms with Crippen LogP contribution < -0.4 is 10.1 Å². The van der Waals surface area contributed by atoms with E-state index in [2.05, 4.69) is 10.3 Å². The molecule has 0 aliphatic rings. The summed E-state index contributed by atoms with van der Waals surface area (Å²) in [4.78, 5) is 15.8. The highest BCUT2D eigenvalue weighted by atomic mass is 19.1. The zero-order chi connectivity index (χ0) is 22.0. The number of rotatable bonds is 6. The van der Waals surface area contributed by atoms with Crippen LogP contribution in [0.2, 0.25) is 0 Å². The first-order valence-electron chi connectivity index (χ1n) is 9.43. The lowest BCUT2D eigenvalue weighted by Crippen LogP contribution is -2.09. The summed E-state index contributed by atoms with van der Waals surface area (Å²) in [5, 5.41) is 17.3. The maximum atomic E-state index is 13.4. The molecule has 0 spiro atoms. The van der Waals surface area contributed by atoms with E-state index in [1.807, 2.05) is 25.1 Å². The van der Waals surface area contributed by atoms with Crippen molar-refractivity contribution >= 4 is 17.6 Å². The Labute approximate surface area is 177 Å². The number of carboxylic acid groups (broad SMARTS) is 1. The molecule has 2 aromatic heterocycles. The standard InChI is InChI=1S/C23H19FN4O3/c1-14-5-3-7-19(31-2)21(14)28-20(26-22-17(23(29)30)6-4-12-25-22)13-18(27-28)15-8-10-16(24)11-9-15/h3-13H,1-2H3,(H,25,26)(H,29,30). The van der Waals surface area contributed by atoms with E-state index < -0.39 is 5.97 Å². The molecule has 8 heteroatoms. The molecule has 156 valence electrons. The van der Waals surface area contributed by atoms with Crippen molar-refractivity contribution in [3.05, 3.63) is 83.8 Å². The van der Waals surface area contributed by atoms with Crippen molar-refractivity contribution in [2.75, 3.05) is 12.4 Å². The molecule has 2 N–H and O–H groups in total. The Kier molecular flexibility index (Phi) is 5.36. The minimum absolute atomic E-state index is 0.0235. The van der Waals surface area contributed by atoms with Crippen molar-refractivity contribution in [1.29, 1.82) is 0 Å². The predicted octanol–water partition coefficient (Wildman–Crippen LogP) is 4.83. The average molecular weight is 418 g/mol. The molecule has 0 saturated heterocycles. The SMILES string of the molecule is COc1cccc(C)c1-n1nc(-c2ccc(F)cc2)cc1Nc1ncccc1C(=O)O. The molecule has 4 aromatic rings. The number of aromatic nitrogens is 3. The van der Waals surface area contributed by atoms with E-state index in [1.165, 1.54) is 24.4 Å². The smallest absolute Gasteiger partial charge is 0.339 e. The highest BCUT2D eigenvalue weighted by Gasteiger charge is 2.19. The molecule has 4 rings (SSSR count). The molecular weight excluding hydrogens is 399 g/mol. The minimum Gasteiger partial charge on any atom is -0.494 e. The van der Waals surface area contributed by atoms with Crippen LogP contribution in [0, 0.1) is 12.7 Å². The van der Waals surface area contributed by atoms with Crippen molar-refractivity contribution in [3.8, 4) is 22.7 Å². The van der Waals surface area contributed by atoms with Crippen LogP contribution in [0.1, 0.15) is 15.9 Å². The van der Waals surface area contributed by atoms with Gasteiger partial charge in [-0.1, -0.05) is 12.1 Å². The second-order valence-corrected chi connectivity index (χ2v) is 6.79. The highest BCUT2D eigenvalue weighted by molar-refractivity contribution is 5.94. The number of hydrogen-bond acceptors (Lipinski definition) is 5. The lowest BCUT2D eigenvalue weighted by atomic mass is 10.1. The van der Waals surface area contributed by atoms with Gasteiger partial charge in [-0.25, -0.2) is 18.9 Å². The van der Waals surface area contributed by atoms with Crippen LogP contribution in [0.5, 0.6) is 5.75 Å². The second kappa shape index (κ2) is 8.27. The predicted molar refractivity (Wildman–Crippen MR) is 115 cm³/mol. The van der Waals surface area contributed by atoms with E-state index in [0.29, 0.717) is 28.5 Å². The van der Waals surface area contributed by atoms with Crippen molar-refractivity contribution in [1.82, 2.24) is 14.8 Å². The van der Waals surface area contributed by atoms with E-state index in [0.717, 1.165) is 5.56 Å². The molecule has 0 fully saturated rings. The molecule has 0 saturated carbocycles. The summed E-state index contributed by atoms with van der Waals surface area (Å²) >= 11 is 0. The average Bonchev–Trinajstić information content (AvgIpc) is 3.17. The van der Waals surface area contributed by atoms with Gasteiger partial charge in [0.2, 0.25) is 0 Å². The van der Waals surface area contributed by atoms with E-state index in [1.54, 1.807) is 36.1 Å². The largest absolute Gasteiger partial charge is 0.494 e. The van der Waals surface area contributed by atoms with Crippen molar-refractivity contribution in [3.63, 3.8) is 0 Å². The van der Waals surface area contributed by atoms with Crippen LogP contribution in [-0.4, -0.2) is 33.0 Å². The quantitative estimate of drug-likeness (QED) is 0.466. The fraction of sp³-hybridized carbons (Fsp3) is 0.0870. The molecule has 0 atom stereocenters. The first-order chi connectivity index (χ1) is 15.0. The number of hydrogen-bond donors (Lipinski definition) is 2. The summed E-state index contributed by atoms with van der Waals surface area (Å²) in [5.41, 5.74) is 2.88. The van der Waals surface area contributed by atoms with Gasteiger partial charge in [0.25, 0.3) is 0 Å². The lowest BCUT2D eigenvalue weighted by molar-refractivity contribution is 0.0697. The van der Waals surface area contributed by atoms with Gasteiger partial charge in [0, 0.05) is 17.8 Å². The van der Waals surface area contributed by atoms with Crippen LogP contribution in [0.25, 0.3) is 16.9 Å². The number of anilines is 2. The zero-order valence-electron chi connectivity index (χ0n) is 16.8. The Morgan fingerprint density at radius 1 is 1.13 bits per heavy atom. The number of nitrogens with one attached hydrogen (secondary N) is 1. The van der Waals surface area contributed by atoms with Gasteiger partial charge in [-0.15, -0.1) is 0 Å². The van der Waals surface area contributed by atoms with Gasteiger partial charge in [0.15, 0.2) is 0 Å². The Morgan fingerprint density at radius 3 is 2.61 bits per heavy atom. The van der Waals surface area contributed by atoms with Gasteiger partial charge in [0.1, 0.15) is 34.5 Å². The number of aromatic carboxylic acids is 1. The summed E-state index contributed by atoms with van der Waals surface area (Å²) in [5.74, 6) is -0.200. The number of carbonyl (C=O) groups is 1. The van der Waals surface area contributed by atoms with Crippen LogP contribution in [0.4, 0.5) is 16.0 Å². The topological polar surface area (TPSA) is 89.3 Å². The Hall–Kier alpha value is -4.20. The fourth-order valence-corrected chi connectivity index (χ4v) is 3.27. The Bertz CT molecular complexity index is 1250.